The van der Waals surface area contributed by atoms with E-state index in [-0.39, 0.29) is 23.9 Å². The molecule has 2 aliphatic heterocycles. The molecule has 0 radical (unpaired) electrons. The number of amides is 2. The van der Waals surface area contributed by atoms with E-state index in [4.69, 9.17) is 27.8 Å². The monoisotopic (exact) mass is 558 g/mol. The van der Waals surface area contributed by atoms with Crippen LogP contribution < -0.4 is 26.4 Å². The zero-order valence-corrected chi connectivity index (χ0v) is 22.9. The minimum atomic E-state index is -0.223. The number of nitrogens with zero attached hydrogens (tertiary/aromatic N) is 5. The van der Waals surface area contributed by atoms with Gasteiger partial charge in [-0.15, -0.1) is 11.3 Å². The second-order valence-electron chi connectivity index (χ2n) is 9.74. The lowest BCUT2D eigenvalue weighted by Gasteiger charge is -2.34. The molecule has 5 rings (SSSR count). The Hall–Kier alpha value is -3.35. The molecule has 0 aliphatic carbocycles. The quantitative estimate of drug-likeness (QED) is 0.401. The second kappa shape index (κ2) is 10.8. The molecule has 0 aromatic carbocycles. The summed E-state index contributed by atoms with van der Waals surface area (Å²) in [7, 11) is 0. The summed E-state index contributed by atoms with van der Waals surface area (Å²) in [5.41, 5.74) is 15.6. The van der Waals surface area contributed by atoms with Crippen molar-refractivity contribution in [1.29, 1.82) is 0 Å². The van der Waals surface area contributed by atoms with Gasteiger partial charge in [-0.3, -0.25) is 9.59 Å². The van der Waals surface area contributed by atoms with Crippen molar-refractivity contribution in [3.8, 4) is 5.75 Å². The number of hydrogen-bond acceptors (Lipinski definition) is 9. The zero-order valence-electron chi connectivity index (χ0n) is 21.3. The van der Waals surface area contributed by atoms with E-state index < -0.39 is 0 Å². The number of halogens is 1. The Morgan fingerprint density at radius 3 is 2.92 bits per heavy atom. The molecule has 2 atom stereocenters. The lowest BCUT2D eigenvalue weighted by molar-refractivity contribution is -0.127. The molecule has 2 aliphatic rings. The van der Waals surface area contributed by atoms with E-state index in [0.29, 0.717) is 52.5 Å². The number of nitrogen functional groups attached to an aromatic ring is 1. The van der Waals surface area contributed by atoms with Gasteiger partial charge in [0.2, 0.25) is 5.91 Å². The first-order valence-electron chi connectivity index (χ1n) is 12.5. The largest absolute Gasteiger partial charge is 0.490 e. The summed E-state index contributed by atoms with van der Waals surface area (Å²) in [4.78, 5) is 33.7. The molecule has 202 valence electrons. The van der Waals surface area contributed by atoms with Crippen LogP contribution in [0, 0.1) is 0 Å². The van der Waals surface area contributed by atoms with E-state index in [1.165, 1.54) is 17.7 Å². The van der Waals surface area contributed by atoms with Crippen molar-refractivity contribution >= 4 is 57.3 Å². The van der Waals surface area contributed by atoms with Crippen molar-refractivity contribution in [2.24, 2.45) is 5.73 Å². The van der Waals surface area contributed by atoms with Crippen molar-refractivity contribution in [1.82, 2.24) is 24.8 Å². The molecule has 3 aromatic heterocycles. The predicted octanol–water partition coefficient (Wildman–Crippen LogP) is 2.40. The number of carbonyl (C=O) groups excluding carboxylic acids is 2. The van der Waals surface area contributed by atoms with Crippen molar-refractivity contribution in [3.63, 3.8) is 0 Å². The fourth-order valence-corrected chi connectivity index (χ4v) is 5.96. The van der Waals surface area contributed by atoms with Crippen LogP contribution in [0.4, 0.5) is 11.5 Å². The number of fused-ring (bicyclic) bond motifs is 1. The van der Waals surface area contributed by atoms with E-state index in [1.807, 2.05) is 13.0 Å². The third kappa shape index (κ3) is 5.29. The molecule has 13 heteroatoms. The highest BCUT2D eigenvalue weighted by Gasteiger charge is 2.29. The summed E-state index contributed by atoms with van der Waals surface area (Å²) in [5.74, 6) is 0.622. The zero-order chi connectivity index (χ0) is 27.0. The molecule has 5 heterocycles. The lowest BCUT2D eigenvalue weighted by Crippen LogP contribution is -2.47. The van der Waals surface area contributed by atoms with Crippen LogP contribution in [0.15, 0.2) is 24.5 Å². The Morgan fingerprint density at radius 2 is 2.18 bits per heavy atom. The second-order valence-corrected chi connectivity index (χ2v) is 11.4. The number of nitrogens with two attached hydrogens (primary N) is 2. The maximum Gasteiger partial charge on any atom is 0.265 e. The fourth-order valence-electron chi connectivity index (χ4n) is 4.90. The molecule has 3 aromatic rings. The van der Waals surface area contributed by atoms with Gasteiger partial charge < -0.3 is 31.3 Å². The number of anilines is 2. The maximum atomic E-state index is 13.2. The predicted molar refractivity (Wildman–Crippen MR) is 149 cm³/mol. The molecule has 0 spiro atoms. The van der Waals surface area contributed by atoms with Gasteiger partial charge in [0.25, 0.3) is 5.91 Å². The molecule has 0 bridgehead atoms. The van der Waals surface area contributed by atoms with Gasteiger partial charge >= 0.3 is 0 Å². The first-order chi connectivity index (χ1) is 18.2. The van der Waals surface area contributed by atoms with Crippen LogP contribution >= 0.6 is 22.9 Å². The van der Waals surface area contributed by atoms with Gasteiger partial charge in [0, 0.05) is 51.3 Å². The van der Waals surface area contributed by atoms with Crippen LogP contribution in [0.2, 0.25) is 4.34 Å². The maximum absolute atomic E-state index is 13.2. The number of piperidine rings is 1. The van der Waals surface area contributed by atoms with Crippen LogP contribution in [-0.2, 0) is 4.79 Å². The van der Waals surface area contributed by atoms with Gasteiger partial charge in [0.1, 0.15) is 29.1 Å². The standard InChI is InChI=1S/C25H31ClN8O3S/c1-14(27)12-37-20-9-21(26)38-23(20)25(36)31-17-4-3-6-33(11-17)19-8-18(16-5-7-32(10-16)15(2)35)34-22(19)24(28)29-13-30-34/h5,8-9,13-14,17H,3-4,6-7,10-12,27H2,1-2H3,(H,31,36)(H2,28,29,30)/t14-,17+/m0/s1. The van der Waals surface area contributed by atoms with Gasteiger partial charge in [-0.05, 0) is 31.4 Å². The van der Waals surface area contributed by atoms with Crippen LogP contribution in [0.25, 0.3) is 11.1 Å². The number of hydrogen-bond donors (Lipinski definition) is 3. The van der Waals surface area contributed by atoms with Crippen molar-refractivity contribution in [2.45, 2.75) is 38.8 Å². The summed E-state index contributed by atoms with van der Waals surface area (Å²) < 4.78 is 8.00. The number of carbonyl (C=O) groups is 2. The molecule has 2 amide bonds. The number of aromatic nitrogens is 3. The highest BCUT2D eigenvalue weighted by atomic mass is 35.5. The highest BCUT2D eigenvalue weighted by molar-refractivity contribution is 7.18. The van der Waals surface area contributed by atoms with Crippen molar-refractivity contribution in [2.75, 3.05) is 43.4 Å². The summed E-state index contributed by atoms with van der Waals surface area (Å²) in [6, 6.07) is 3.44. The molecule has 1 saturated heterocycles. The van der Waals surface area contributed by atoms with Crippen molar-refractivity contribution in [3.05, 3.63) is 39.4 Å². The average molecular weight is 559 g/mol. The first-order valence-corrected chi connectivity index (χ1v) is 13.7. The summed E-state index contributed by atoms with van der Waals surface area (Å²) in [6.45, 7) is 6.16. The third-order valence-corrected chi connectivity index (χ3v) is 7.97. The molecule has 0 saturated carbocycles. The van der Waals surface area contributed by atoms with Gasteiger partial charge in [0.15, 0.2) is 5.82 Å². The Balaban J connectivity index is 1.37. The smallest absolute Gasteiger partial charge is 0.265 e. The Labute approximate surface area is 229 Å². The normalized spacial score (nSPS) is 18.5. The molecular formula is C25H31ClN8O3S. The van der Waals surface area contributed by atoms with E-state index in [1.54, 1.807) is 22.4 Å². The van der Waals surface area contributed by atoms with E-state index in [9.17, 15) is 9.59 Å². The lowest BCUT2D eigenvalue weighted by atomic mass is 10.0. The first kappa shape index (κ1) is 26.3. The molecule has 1 fully saturated rings. The molecule has 5 N–H and O–H groups in total. The number of thiophene rings is 1. The third-order valence-electron chi connectivity index (χ3n) is 6.73. The Bertz CT molecular complexity index is 1400. The average Bonchev–Trinajstić information content (AvgIpc) is 3.60. The number of ether oxygens (including phenoxy) is 1. The summed E-state index contributed by atoms with van der Waals surface area (Å²) in [6.07, 6.45) is 5.19. The number of rotatable bonds is 7. The summed E-state index contributed by atoms with van der Waals surface area (Å²) >= 11 is 7.38. The molecular weight excluding hydrogens is 528 g/mol. The Kier molecular flexibility index (Phi) is 7.46. The van der Waals surface area contributed by atoms with E-state index >= 15 is 0 Å². The van der Waals surface area contributed by atoms with Crippen LogP contribution in [0.3, 0.4) is 0 Å². The highest BCUT2D eigenvalue weighted by Crippen LogP contribution is 2.36. The fraction of sp³-hybridized carbons (Fsp3) is 0.440. The van der Waals surface area contributed by atoms with Gasteiger partial charge in [0.05, 0.1) is 15.7 Å². The van der Waals surface area contributed by atoms with Crippen LogP contribution in [0.5, 0.6) is 5.75 Å². The Morgan fingerprint density at radius 1 is 1.37 bits per heavy atom. The topological polar surface area (TPSA) is 144 Å². The van der Waals surface area contributed by atoms with Gasteiger partial charge in [-0.1, -0.05) is 17.7 Å². The molecule has 0 unspecified atom stereocenters. The van der Waals surface area contributed by atoms with Gasteiger partial charge in [-0.25, -0.2) is 9.50 Å². The summed E-state index contributed by atoms with van der Waals surface area (Å²) in [5, 5.41) is 7.63. The van der Waals surface area contributed by atoms with E-state index in [2.05, 4.69) is 26.4 Å². The van der Waals surface area contributed by atoms with Gasteiger partial charge in [-0.2, -0.15) is 5.10 Å². The van der Waals surface area contributed by atoms with Crippen molar-refractivity contribution < 1.29 is 14.3 Å². The van der Waals surface area contributed by atoms with Crippen LogP contribution in [-0.4, -0.2) is 76.2 Å². The number of nitrogens with one attached hydrogen (secondary N) is 1. The minimum Gasteiger partial charge on any atom is -0.490 e. The van der Waals surface area contributed by atoms with E-state index in [0.717, 1.165) is 36.3 Å². The SMILES string of the molecule is CC(=O)N1CC=C(c2cc(N3CCC[C@@H](NC(=O)c4sc(Cl)cc4OC[C@H](C)N)C3)c3c(N)ncnn23)C1. The van der Waals surface area contributed by atoms with Crippen LogP contribution in [0.1, 0.15) is 42.1 Å². The molecule has 38 heavy (non-hydrogen) atoms. The minimum absolute atomic E-state index is 0.0270. The molecule has 11 nitrogen and oxygen atoms in total.